The summed E-state index contributed by atoms with van der Waals surface area (Å²) < 4.78 is 16.4. The highest BCUT2D eigenvalue weighted by atomic mass is 19.1. The molecule has 3 N–H and O–H groups in total. The van der Waals surface area contributed by atoms with Crippen molar-refractivity contribution in [3.05, 3.63) is 90.0 Å². The molecule has 2 aromatic carbocycles. The second kappa shape index (κ2) is 8.07. The van der Waals surface area contributed by atoms with E-state index in [0.717, 1.165) is 16.9 Å². The molecule has 158 valence electrons. The lowest BCUT2D eigenvalue weighted by atomic mass is 10.1. The van der Waals surface area contributed by atoms with Crippen molar-refractivity contribution in [1.29, 1.82) is 0 Å². The number of nitrogens with one attached hydrogen (secondary N) is 1. The number of halogens is 1. The maximum atomic E-state index is 14.7. The molecule has 0 saturated carbocycles. The first-order chi connectivity index (χ1) is 15.6. The van der Waals surface area contributed by atoms with Crippen LogP contribution in [0.5, 0.6) is 0 Å². The summed E-state index contributed by atoms with van der Waals surface area (Å²) in [6.45, 7) is 2.41. The molecule has 0 aliphatic heterocycles. The number of hydrogen-bond donors (Lipinski definition) is 2. The monoisotopic (exact) mass is 425 g/mol. The van der Waals surface area contributed by atoms with Gasteiger partial charge in [-0.2, -0.15) is 4.98 Å². The van der Waals surface area contributed by atoms with Crippen LogP contribution in [0.15, 0.2) is 72.9 Å². The quantitative estimate of drug-likeness (QED) is 0.430. The third-order valence-electron chi connectivity index (χ3n) is 5.10. The van der Waals surface area contributed by atoms with E-state index in [1.165, 1.54) is 6.07 Å². The van der Waals surface area contributed by atoms with Crippen molar-refractivity contribution in [2.75, 3.05) is 11.1 Å². The fourth-order valence-electron chi connectivity index (χ4n) is 3.57. The number of aromatic nitrogens is 5. The zero-order valence-electron chi connectivity index (χ0n) is 17.3. The Morgan fingerprint density at radius 2 is 1.84 bits per heavy atom. The summed E-state index contributed by atoms with van der Waals surface area (Å²) in [5.41, 5.74) is 10.3. The van der Waals surface area contributed by atoms with E-state index in [1.807, 2.05) is 49.4 Å². The molecule has 0 aliphatic rings. The second-order valence-corrected chi connectivity index (χ2v) is 7.38. The molecule has 7 nitrogen and oxygen atoms in total. The lowest BCUT2D eigenvalue weighted by Crippen LogP contribution is -2.06. The van der Waals surface area contributed by atoms with E-state index in [4.69, 9.17) is 5.73 Å². The van der Waals surface area contributed by atoms with E-state index in [2.05, 4.69) is 25.4 Å². The van der Waals surface area contributed by atoms with E-state index >= 15 is 0 Å². The predicted molar refractivity (Wildman–Crippen MR) is 123 cm³/mol. The van der Waals surface area contributed by atoms with Gasteiger partial charge in [0.05, 0.1) is 29.0 Å². The smallest absolute Gasteiger partial charge is 0.225 e. The number of pyridine rings is 1. The molecule has 0 bridgehead atoms. The van der Waals surface area contributed by atoms with Gasteiger partial charge < -0.3 is 11.1 Å². The van der Waals surface area contributed by atoms with Gasteiger partial charge in [-0.25, -0.2) is 14.1 Å². The van der Waals surface area contributed by atoms with Crippen molar-refractivity contribution in [2.24, 2.45) is 0 Å². The van der Waals surface area contributed by atoms with E-state index in [1.54, 1.807) is 29.1 Å². The topological polar surface area (TPSA) is 94.5 Å². The van der Waals surface area contributed by atoms with Crippen LogP contribution >= 0.6 is 0 Å². The molecule has 0 fully saturated rings. The first-order valence-corrected chi connectivity index (χ1v) is 10.1. The standard InChI is InChI=1S/C24H20FN7/c1-15-7-6-9-17(13-15)32-22(26)20-21(18-10-2-3-11-19(18)25)29-24(30-23(20)31-32)28-14-16-8-4-5-12-27-16/h2-13H,14,26H2,1H3,(H,28,30,31). The van der Waals surface area contributed by atoms with Gasteiger partial charge >= 0.3 is 0 Å². The van der Waals surface area contributed by atoms with Crippen LogP contribution in [0, 0.1) is 12.7 Å². The Balaban J connectivity index is 1.67. The fourth-order valence-corrected chi connectivity index (χ4v) is 3.57. The minimum atomic E-state index is -0.397. The molecule has 5 aromatic rings. The maximum Gasteiger partial charge on any atom is 0.225 e. The van der Waals surface area contributed by atoms with Crippen LogP contribution in [-0.2, 0) is 6.54 Å². The van der Waals surface area contributed by atoms with Crippen LogP contribution < -0.4 is 11.1 Å². The number of benzene rings is 2. The van der Waals surface area contributed by atoms with Gasteiger partial charge in [-0.05, 0) is 48.9 Å². The third kappa shape index (κ3) is 3.62. The highest BCUT2D eigenvalue weighted by Gasteiger charge is 2.21. The van der Waals surface area contributed by atoms with Gasteiger partial charge in [0.15, 0.2) is 5.65 Å². The number of fused-ring (bicyclic) bond motifs is 1. The normalized spacial score (nSPS) is 11.1. The summed E-state index contributed by atoms with van der Waals surface area (Å²) in [6.07, 6.45) is 1.72. The second-order valence-electron chi connectivity index (χ2n) is 7.38. The van der Waals surface area contributed by atoms with Gasteiger partial charge in [0.2, 0.25) is 5.95 Å². The highest BCUT2D eigenvalue weighted by molar-refractivity contribution is 5.99. The number of anilines is 2. The Kier molecular flexibility index (Phi) is 4.95. The van der Waals surface area contributed by atoms with Gasteiger partial charge in [-0.1, -0.05) is 30.3 Å². The minimum Gasteiger partial charge on any atom is -0.383 e. The highest BCUT2D eigenvalue weighted by Crippen LogP contribution is 2.34. The Morgan fingerprint density at radius 1 is 1.00 bits per heavy atom. The summed E-state index contributed by atoms with van der Waals surface area (Å²) >= 11 is 0. The molecule has 0 amide bonds. The molecule has 0 radical (unpaired) electrons. The Labute approximate surface area is 183 Å². The molecule has 3 aromatic heterocycles. The van der Waals surface area contributed by atoms with E-state index in [-0.39, 0.29) is 0 Å². The van der Waals surface area contributed by atoms with E-state index in [0.29, 0.717) is 40.6 Å². The summed E-state index contributed by atoms with van der Waals surface area (Å²) in [7, 11) is 0. The molecule has 0 unspecified atom stereocenters. The Bertz CT molecular complexity index is 1410. The summed E-state index contributed by atoms with van der Waals surface area (Å²) in [4.78, 5) is 13.5. The van der Waals surface area contributed by atoms with Crippen molar-refractivity contribution in [3.63, 3.8) is 0 Å². The van der Waals surface area contributed by atoms with Crippen molar-refractivity contribution < 1.29 is 4.39 Å². The maximum absolute atomic E-state index is 14.7. The largest absolute Gasteiger partial charge is 0.383 e. The SMILES string of the molecule is Cc1cccc(-n2nc3nc(NCc4ccccn4)nc(-c4ccccc4F)c3c2N)c1. The molecule has 0 atom stereocenters. The Hall–Kier alpha value is -4.33. The number of nitrogen functional groups attached to an aromatic ring is 1. The van der Waals surface area contributed by atoms with Crippen LogP contribution in [0.2, 0.25) is 0 Å². The molecule has 0 aliphatic carbocycles. The molecule has 0 saturated heterocycles. The molecule has 5 rings (SSSR count). The number of nitrogens with zero attached hydrogens (tertiary/aromatic N) is 5. The fraction of sp³-hybridized carbons (Fsp3) is 0.0833. The van der Waals surface area contributed by atoms with Crippen molar-refractivity contribution in [1.82, 2.24) is 24.7 Å². The van der Waals surface area contributed by atoms with E-state index < -0.39 is 5.82 Å². The third-order valence-corrected chi connectivity index (χ3v) is 5.10. The molecular weight excluding hydrogens is 405 g/mol. The molecule has 0 spiro atoms. The summed E-state index contributed by atoms with van der Waals surface area (Å²) in [6, 6.07) is 19.9. The first kappa shape index (κ1) is 19.6. The number of nitrogens with two attached hydrogens (primary N) is 1. The Morgan fingerprint density at radius 3 is 2.62 bits per heavy atom. The van der Waals surface area contributed by atoms with Crippen molar-refractivity contribution in [3.8, 4) is 16.9 Å². The van der Waals surface area contributed by atoms with Gasteiger partial charge in [0.25, 0.3) is 0 Å². The zero-order valence-corrected chi connectivity index (χ0v) is 17.3. The van der Waals surface area contributed by atoms with Crippen molar-refractivity contribution >= 4 is 22.8 Å². The molecule has 3 heterocycles. The van der Waals surface area contributed by atoms with Gasteiger partial charge in [-0.15, -0.1) is 5.10 Å². The lowest BCUT2D eigenvalue weighted by molar-refractivity contribution is 0.631. The summed E-state index contributed by atoms with van der Waals surface area (Å²) in [5.74, 6) is 0.265. The van der Waals surface area contributed by atoms with Crippen molar-refractivity contribution in [2.45, 2.75) is 13.5 Å². The predicted octanol–water partition coefficient (Wildman–Crippen LogP) is 4.52. The van der Waals surface area contributed by atoms with Gasteiger partial charge in [0.1, 0.15) is 11.6 Å². The molecule has 8 heteroatoms. The number of aryl methyl sites for hydroxylation is 1. The van der Waals surface area contributed by atoms with Gasteiger partial charge in [0, 0.05) is 11.8 Å². The number of rotatable bonds is 5. The average Bonchev–Trinajstić information content (AvgIpc) is 3.15. The molecular formula is C24H20FN7. The van der Waals surface area contributed by atoms with Crippen LogP contribution in [0.4, 0.5) is 16.2 Å². The van der Waals surface area contributed by atoms with Crippen LogP contribution in [0.1, 0.15) is 11.3 Å². The summed E-state index contributed by atoms with van der Waals surface area (Å²) in [5, 5.41) is 8.28. The average molecular weight is 425 g/mol. The molecule has 32 heavy (non-hydrogen) atoms. The van der Waals surface area contributed by atoms with Gasteiger partial charge in [-0.3, -0.25) is 4.98 Å². The first-order valence-electron chi connectivity index (χ1n) is 10.1. The zero-order chi connectivity index (χ0) is 22.1. The van der Waals surface area contributed by atoms with Crippen LogP contribution in [0.25, 0.3) is 28.0 Å². The van der Waals surface area contributed by atoms with Crippen LogP contribution in [-0.4, -0.2) is 24.7 Å². The number of hydrogen-bond acceptors (Lipinski definition) is 6. The van der Waals surface area contributed by atoms with Crippen LogP contribution in [0.3, 0.4) is 0 Å². The minimum absolute atomic E-state index is 0.315. The van der Waals surface area contributed by atoms with E-state index in [9.17, 15) is 4.39 Å². The lowest BCUT2D eigenvalue weighted by Gasteiger charge is -2.09.